The molecule has 1 rings (SSSR count). The van der Waals surface area contributed by atoms with Crippen molar-refractivity contribution in [2.75, 3.05) is 19.6 Å². The van der Waals surface area contributed by atoms with E-state index in [2.05, 4.69) is 31.7 Å². The summed E-state index contributed by atoms with van der Waals surface area (Å²) in [4.78, 5) is 15.2. The first-order chi connectivity index (χ1) is 7.83. The van der Waals surface area contributed by atoms with Gasteiger partial charge in [-0.05, 0) is 6.42 Å². The van der Waals surface area contributed by atoms with Crippen molar-refractivity contribution < 1.29 is 4.79 Å². The highest BCUT2D eigenvalue weighted by atomic mass is 16.1. The predicted octanol–water partition coefficient (Wildman–Crippen LogP) is -0.924. The lowest BCUT2D eigenvalue weighted by molar-refractivity contribution is -0.120. The van der Waals surface area contributed by atoms with E-state index in [0.29, 0.717) is 13.1 Å². The average Bonchev–Trinajstić information content (AvgIpc) is 2.78. The number of carbonyl (C=O) groups excluding carboxylic acids is 1. The highest BCUT2D eigenvalue weighted by Crippen LogP contribution is 1.91. The molecule has 0 saturated carbocycles. The van der Waals surface area contributed by atoms with Crippen LogP contribution in [0.5, 0.6) is 0 Å². The Balaban J connectivity index is 1.98. The molecule has 6 nitrogen and oxygen atoms in total. The van der Waals surface area contributed by atoms with Crippen LogP contribution in [0.3, 0.4) is 0 Å². The van der Waals surface area contributed by atoms with E-state index in [1.165, 1.54) is 6.33 Å². The molecule has 0 aliphatic carbocycles. The van der Waals surface area contributed by atoms with Gasteiger partial charge >= 0.3 is 0 Å². The largest absolute Gasteiger partial charge is 0.355 e. The van der Waals surface area contributed by atoms with Gasteiger partial charge in [0.1, 0.15) is 12.2 Å². The van der Waals surface area contributed by atoms with Crippen LogP contribution in [0.25, 0.3) is 0 Å². The predicted molar refractivity (Wildman–Crippen MR) is 59.4 cm³/mol. The van der Waals surface area contributed by atoms with Gasteiger partial charge in [-0.1, -0.05) is 5.92 Å². The summed E-state index contributed by atoms with van der Waals surface area (Å²) < 4.78 is 0. The lowest BCUT2D eigenvalue weighted by Gasteiger charge is -2.04. The molecular formula is C10H15N5O. The minimum absolute atomic E-state index is 0.0483. The number of terminal acetylenes is 1. The molecule has 16 heavy (non-hydrogen) atoms. The van der Waals surface area contributed by atoms with Crippen molar-refractivity contribution in [1.82, 2.24) is 25.8 Å². The van der Waals surface area contributed by atoms with Gasteiger partial charge in [0.2, 0.25) is 5.91 Å². The van der Waals surface area contributed by atoms with E-state index >= 15 is 0 Å². The van der Waals surface area contributed by atoms with Crippen molar-refractivity contribution in [2.24, 2.45) is 0 Å². The molecule has 0 spiro atoms. The SMILES string of the molecule is C#CCNCC(=O)NCCCc1ncn[nH]1. The molecule has 0 saturated heterocycles. The maximum atomic E-state index is 11.2. The van der Waals surface area contributed by atoms with Gasteiger partial charge in [0.15, 0.2) is 0 Å². The van der Waals surface area contributed by atoms with Crippen LogP contribution in [0, 0.1) is 12.3 Å². The zero-order chi connectivity index (χ0) is 11.6. The van der Waals surface area contributed by atoms with Gasteiger partial charge in [-0.25, -0.2) is 4.98 Å². The summed E-state index contributed by atoms with van der Waals surface area (Å²) in [6.45, 7) is 1.29. The lowest BCUT2D eigenvalue weighted by atomic mass is 10.3. The summed E-state index contributed by atoms with van der Waals surface area (Å²) in [6.07, 6.45) is 8.11. The van der Waals surface area contributed by atoms with Crippen LogP contribution < -0.4 is 10.6 Å². The summed E-state index contributed by atoms with van der Waals surface area (Å²) in [6, 6.07) is 0. The number of amides is 1. The lowest BCUT2D eigenvalue weighted by Crippen LogP contribution is -2.34. The Morgan fingerprint density at radius 1 is 1.62 bits per heavy atom. The van der Waals surface area contributed by atoms with Gasteiger partial charge in [-0.15, -0.1) is 6.42 Å². The van der Waals surface area contributed by atoms with E-state index in [4.69, 9.17) is 6.42 Å². The summed E-state index contributed by atoms with van der Waals surface area (Å²) in [5.41, 5.74) is 0. The minimum atomic E-state index is -0.0483. The Morgan fingerprint density at radius 3 is 3.19 bits per heavy atom. The third-order valence-electron chi connectivity index (χ3n) is 1.89. The highest BCUT2D eigenvalue weighted by molar-refractivity contribution is 5.77. The fourth-order valence-electron chi connectivity index (χ4n) is 1.15. The van der Waals surface area contributed by atoms with Crippen LogP contribution in [-0.2, 0) is 11.2 Å². The van der Waals surface area contributed by atoms with Crippen LogP contribution in [0.1, 0.15) is 12.2 Å². The second-order valence-electron chi connectivity index (χ2n) is 3.19. The van der Waals surface area contributed by atoms with E-state index in [9.17, 15) is 4.79 Å². The quantitative estimate of drug-likeness (QED) is 0.410. The topological polar surface area (TPSA) is 82.7 Å². The Bertz CT molecular complexity index is 341. The molecule has 1 amide bonds. The molecule has 1 aromatic rings. The van der Waals surface area contributed by atoms with Crippen LogP contribution in [0.2, 0.25) is 0 Å². The van der Waals surface area contributed by atoms with E-state index in [1.54, 1.807) is 0 Å². The first-order valence-electron chi connectivity index (χ1n) is 5.08. The Kier molecular flexibility index (Phi) is 5.66. The summed E-state index contributed by atoms with van der Waals surface area (Å²) in [5.74, 6) is 3.18. The van der Waals surface area contributed by atoms with Gasteiger partial charge < -0.3 is 5.32 Å². The van der Waals surface area contributed by atoms with Crippen molar-refractivity contribution in [3.8, 4) is 12.3 Å². The number of aromatic nitrogens is 3. The third kappa shape index (κ3) is 5.12. The molecule has 3 N–H and O–H groups in total. The number of aromatic amines is 1. The van der Waals surface area contributed by atoms with Crippen LogP contribution in [-0.4, -0.2) is 40.7 Å². The maximum absolute atomic E-state index is 11.2. The molecule has 0 bridgehead atoms. The third-order valence-corrected chi connectivity index (χ3v) is 1.89. The molecule has 1 aromatic heterocycles. The van der Waals surface area contributed by atoms with Gasteiger partial charge in [-0.2, -0.15) is 5.10 Å². The van der Waals surface area contributed by atoms with Crippen molar-refractivity contribution in [3.63, 3.8) is 0 Å². The number of carbonyl (C=O) groups is 1. The molecule has 0 unspecified atom stereocenters. The highest BCUT2D eigenvalue weighted by Gasteiger charge is 1.99. The maximum Gasteiger partial charge on any atom is 0.233 e. The molecule has 0 aliphatic heterocycles. The van der Waals surface area contributed by atoms with Gasteiger partial charge in [0.25, 0.3) is 0 Å². The first-order valence-corrected chi connectivity index (χ1v) is 5.08. The van der Waals surface area contributed by atoms with Gasteiger partial charge in [0.05, 0.1) is 13.1 Å². The van der Waals surface area contributed by atoms with E-state index in [-0.39, 0.29) is 12.5 Å². The monoisotopic (exact) mass is 221 g/mol. The molecule has 0 radical (unpaired) electrons. The van der Waals surface area contributed by atoms with E-state index in [0.717, 1.165) is 18.7 Å². The van der Waals surface area contributed by atoms with Crippen LogP contribution in [0.15, 0.2) is 6.33 Å². The Morgan fingerprint density at radius 2 is 2.50 bits per heavy atom. The fourth-order valence-corrected chi connectivity index (χ4v) is 1.15. The first kappa shape index (κ1) is 12.2. The van der Waals surface area contributed by atoms with E-state index < -0.39 is 0 Å². The van der Waals surface area contributed by atoms with Crippen LogP contribution >= 0.6 is 0 Å². The summed E-state index contributed by atoms with van der Waals surface area (Å²) in [7, 11) is 0. The normalized spacial score (nSPS) is 9.69. The molecule has 0 fully saturated rings. The number of rotatable bonds is 7. The second-order valence-corrected chi connectivity index (χ2v) is 3.19. The zero-order valence-corrected chi connectivity index (χ0v) is 8.99. The Hall–Kier alpha value is -1.87. The summed E-state index contributed by atoms with van der Waals surface area (Å²) in [5, 5.41) is 12.1. The number of nitrogens with one attached hydrogen (secondary N) is 3. The number of aryl methyl sites for hydroxylation is 1. The second kappa shape index (κ2) is 7.43. The van der Waals surface area contributed by atoms with Crippen molar-refractivity contribution >= 4 is 5.91 Å². The molecular weight excluding hydrogens is 206 g/mol. The van der Waals surface area contributed by atoms with E-state index in [1.807, 2.05) is 0 Å². The smallest absolute Gasteiger partial charge is 0.233 e. The molecule has 0 aromatic carbocycles. The van der Waals surface area contributed by atoms with Crippen LogP contribution in [0.4, 0.5) is 0 Å². The summed E-state index contributed by atoms with van der Waals surface area (Å²) >= 11 is 0. The average molecular weight is 221 g/mol. The van der Waals surface area contributed by atoms with Crippen molar-refractivity contribution in [3.05, 3.63) is 12.2 Å². The molecule has 1 heterocycles. The van der Waals surface area contributed by atoms with Crippen molar-refractivity contribution in [1.29, 1.82) is 0 Å². The number of hydrogen-bond donors (Lipinski definition) is 3. The molecule has 0 aliphatic rings. The van der Waals surface area contributed by atoms with Gasteiger partial charge in [0, 0.05) is 13.0 Å². The number of nitrogens with zero attached hydrogens (tertiary/aromatic N) is 2. The molecule has 6 heteroatoms. The standard InChI is InChI=1S/C10H15N5O/c1-2-5-11-7-10(16)12-6-3-4-9-13-8-14-15-9/h1,8,11H,3-7H2,(H,12,16)(H,13,14,15). The van der Waals surface area contributed by atoms with Crippen molar-refractivity contribution in [2.45, 2.75) is 12.8 Å². The number of H-pyrrole nitrogens is 1. The Labute approximate surface area is 94.2 Å². The molecule has 86 valence electrons. The minimum Gasteiger partial charge on any atom is -0.355 e. The zero-order valence-electron chi connectivity index (χ0n) is 8.99. The number of hydrogen-bond acceptors (Lipinski definition) is 4. The van der Waals surface area contributed by atoms with Gasteiger partial charge in [-0.3, -0.25) is 15.2 Å². The fraction of sp³-hybridized carbons (Fsp3) is 0.500. The molecule has 0 atom stereocenters.